The first-order valence-corrected chi connectivity index (χ1v) is 4.07. The monoisotopic (exact) mass is 206 g/mol. The summed E-state index contributed by atoms with van der Waals surface area (Å²) in [6.45, 7) is 0.394. The lowest BCUT2D eigenvalue weighted by Gasteiger charge is -2.19. The number of carbonyl (C=O) groups is 2. The van der Waals surface area contributed by atoms with Gasteiger partial charge in [0.2, 0.25) is 0 Å². The van der Waals surface area contributed by atoms with Crippen molar-refractivity contribution in [3.63, 3.8) is 0 Å². The van der Waals surface area contributed by atoms with E-state index in [4.69, 9.17) is 20.4 Å². The maximum Gasteiger partial charge on any atom is 0.171 e. The zero-order valence-electron chi connectivity index (χ0n) is 7.75. The number of aliphatic hydroxyl groups is 4. The van der Waals surface area contributed by atoms with Crippen LogP contribution in [0.4, 0.5) is 0 Å². The first-order valence-electron chi connectivity index (χ1n) is 4.07. The van der Waals surface area contributed by atoms with Gasteiger partial charge in [-0.2, -0.15) is 0 Å². The van der Waals surface area contributed by atoms with Crippen molar-refractivity contribution in [3.8, 4) is 0 Å². The Balaban J connectivity index is 4.23. The van der Waals surface area contributed by atoms with Crippen molar-refractivity contribution in [2.24, 2.45) is 0 Å². The van der Waals surface area contributed by atoms with Gasteiger partial charge in [-0.3, -0.25) is 9.59 Å². The predicted molar refractivity (Wildman–Crippen MR) is 45.4 cm³/mol. The van der Waals surface area contributed by atoms with E-state index < -0.39 is 42.9 Å². The van der Waals surface area contributed by atoms with Crippen LogP contribution >= 0.6 is 0 Å². The van der Waals surface area contributed by atoms with Crippen LogP contribution in [0.5, 0.6) is 0 Å². The van der Waals surface area contributed by atoms with Crippen LogP contribution in [0.3, 0.4) is 0 Å². The zero-order valence-corrected chi connectivity index (χ0v) is 7.75. The quantitative estimate of drug-likeness (QED) is 0.360. The van der Waals surface area contributed by atoms with Gasteiger partial charge in [-0.15, -0.1) is 0 Å². The molecule has 0 saturated heterocycles. The molecule has 0 aromatic carbocycles. The summed E-state index contributed by atoms with van der Waals surface area (Å²) in [7, 11) is 0. The molecule has 6 nitrogen and oxygen atoms in total. The van der Waals surface area contributed by atoms with E-state index in [2.05, 4.69) is 0 Å². The summed E-state index contributed by atoms with van der Waals surface area (Å²) in [5, 5.41) is 35.5. The maximum absolute atomic E-state index is 11.0. The molecule has 4 N–H and O–H groups in total. The number of rotatable bonds is 6. The average Bonchev–Trinajstić information content (AvgIpc) is 2.13. The fourth-order valence-electron chi connectivity index (χ4n) is 0.859. The molecule has 0 saturated carbocycles. The van der Waals surface area contributed by atoms with Crippen LogP contribution in [0, 0.1) is 0 Å². The number of Topliss-reactive ketones (excluding diaryl/α,β-unsaturated/α-hetero) is 2. The van der Waals surface area contributed by atoms with Crippen LogP contribution in [0.25, 0.3) is 0 Å². The Kier molecular flexibility index (Phi) is 5.47. The Morgan fingerprint density at radius 1 is 1.21 bits per heavy atom. The molecular formula is C8H14O6. The van der Waals surface area contributed by atoms with E-state index >= 15 is 0 Å². The summed E-state index contributed by atoms with van der Waals surface area (Å²) < 4.78 is 0. The fourth-order valence-corrected chi connectivity index (χ4v) is 0.859. The highest BCUT2D eigenvalue weighted by Crippen LogP contribution is 2.03. The summed E-state index contributed by atoms with van der Waals surface area (Å²) in [4.78, 5) is 21.5. The molecule has 0 aliphatic carbocycles. The number of carbonyl (C=O) groups excluding carboxylic acids is 2. The van der Waals surface area contributed by atoms with Gasteiger partial charge in [0.25, 0.3) is 0 Å². The molecule has 3 atom stereocenters. The molecule has 0 amide bonds. The maximum atomic E-state index is 11.0. The van der Waals surface area contributed by atoms with Gasteiger partial charge in [-0.25, -0.2) is 0 Å². The third-order valence-electron chi connectivity index (χ3n) is 1.66. The molecule has 0 aliphatic rings. The Labute approximate surface area is 80.8 Å². The van der Waals surface area contributed by atoms with E-state index in [-0.39, 0.29) is 0 Å². The molecule has 6 heteroatoms. The minimum atomic E-state index is -1.85. The van der Waals surface area contributed by atoms with Crippen molar-refractivity contribution in [3.05, 3.63) is 0 Å². The molecule has 0 aromatic rings. The number of hydrogen-bond donors (Lipinski definition) is 4. The van der Waals surface area contributed by atoms with E-state index in [9.17, 15) is 9.59 Å². The van der Waals surface area contributed by atoms with Crippen molar-refractivity contribution in [2.45, 2.75) is 31.7 Å². The van der Waals surface area contributed by atoms with Gasteiger partial charge in [-0.1, -0.05) is 0 Å². The topological polar surface area (TPSA) is 115 Å². The van der Waals surface area contributed by atoms with E-state index in [1.807, 2.05) is 0 Å². The van der Waals surface area contributed by atoms with E-state index in [1.54, 1.807) is 0 Å². The zero-order chi connectivity index (χ0) is 11.3. The average molecular weight is 206 g/mol. The first-order chi connectivity index (χ1) is 6.40. The molecule has 82 valence electrons. The summed E-state index contributed by atoms with van der Waals surface area (Å²) in [5.41, 5.74) is 0. The fraction of sp³-hybridized carbons (Fsp3) is 0.750. The molecule has 0 heterocycles. The standard InChI is InChI=1S/C8H14O6/c1-4(10)2-5(11)7(13)8(14)6(12)3-9/h6-9,12-14H,2-3H2,1H3/t6-,7+,8+/m1/s1. The van der Waals surface area contributed by atoms with Gasteiger partial charge >= 0.3 is 0 Å². The summed E-state index contributed by atoms with van der Waals surface area (Å²) in [6, 6.07) is 0. The van der Waals surface area contributed by atoms with Crippen LogP contribution in [-0.2, 0) is 9.59 Å². The van der Waals surface area contributed by atoms with Crippen molar-refractivity contribution >= 4 is 11.6 Å². The molecule has 0 bridgehead atoms. The van der Waals surface area contributed by atoms with Crippen LogP contribution in [0.1, 0.15) is 13.3 Å². The lowest BCUT2D eigenvalue weighted by Crippen LogP contribution is -2.44. The third-order valence-corrected chi connectivity index (χ3v) is 1.66. The van der Waals surface area contributed by atoms with E-state index in [0.717, 1.165) is 0 Å². The van der Waals surface area contributed by atoms with Crippen LogP contribution in [0.2, 0.25) is 0 Å². The molecule has 0 spiro atoms. The highest BCUT2D eigenvalue weighted by atomic mass is 16.4. The molecule has 0 radical (unpaired) electrons. The normalized spacial score (nSPS) is 17.2. The second-order valence-corrected chi connectivity index (χ2v) is 3.03. The Hall–Kier alpha value is -0.820. The van der Waals surface area contributed by atoms with Crippen molar-refractivity contribution in [1.82, 2.24) is 0 Å². The van der Waals surface area contributed by atoms with Gasteiger partial charge in [0.05, 0.1) is 13.0 Å². The lowest BCUT2D eigenvalue weighted by molar-refractivity contribution is -0.142. The molecule has 0 fully saturated rings. The Morgan fingerprint density at radius 3 is 2.07 bits per heavy atom. The summed E-state index contributed by atoms with van der Waals surface area (Å²) in [5.74, 6) is -1.32. The molecule has 0 aromatic heterocycles. The van der Waals surface area contributed by atoms with E-state index in [1.165, 1.54) is 6.92 Å². The molecule has 0 aliphatic heterocycles. The van der Waals surface area contributed by atoms with Gasteiger partial charge in [0.15, 0.2) is 5.78 Å². The molecule has 0 rings (SSSR count). The smallest absolute Gasteiger partial charge is 0.171 e. The lowest BCUT2D eigenvalue weighted by atomic mass is 10.0. The van der Waals surface area contributed by atoms with Gasteiger partial charge in [0, 0.05) is 0 Å². The highest BCUT2D eigenvalue weighted by Gasteiger charge is 2.29. The van der Waals surface area contributed by atoms with Crippen molar-refractivity contribution < 1.29 is 30.0 Å². The van der Waals surface area contributed by atoms with Gasteiger partial charge in [-0.05, 0) is 6.92 Å². The van der Waals surface area contributed by atoms with Gasteiger partial charge in [0.1, 0.15) is 24.1 Å². The Bertz CT molecular complexity index is 214. The SMILES string of the molecule is CC(=O)CC(=O)[C@H](O)[C@@H](O)[C@H](O)CO. The number of aliphatic hydroxyl groups excluding tert-OH is 4. The molecule has 0 unspecified atom stereocenters. The highest BCUT2D eigenvalue weighted by molar-refractivity contribution is 6.00. The molecule has 14 heavy (non-hydrogen) atoms. The van der Waals surface area contributed by atoms with Crippen molar-refractivity contribution in [1.29, 1.82) is 0 Å². The first kappa shape index (κ1) is 13.2. The second-order valence-electron chi connectivity index (χ2n) is 3.03. The second kappa shape index (κ2) is 5.82. The minimum absolute atomic E-state index is 0.445. The van der Waals surface area contributed by atoms with Crippen LogP contribution in [-0.4, -0.2) is 56.9 Å². The summed E-state index contributed by atoms with van der Waals surface area (Å²) >= 11 is 0. The molecular weight excluding hydrogens is 192 g/mol. The number of ketones is 2. The van der Waals surface area contributed by atoms with E-state index in [0.29, 0.717) is 0 Å². The van der Waals surface area contributed by atoms with Crippen LogP contribution < -0.4 is 0 Å². The van der Waals surface area contributed by atoms with Crippen molar-refractivity contribution in [2.75, 3.05) is 6.61 Å². The predicted octanol–water partition coefficient (Wildman–Crippen LogP) is -2.39. The minimum Gasteiger partial charge on any atom is -0.394 e. The summed E-state index contributed by atoms with van der Waals surface area (Å²) in [6.07, 6.45) is -5.72. The van der Waals surface area contributed by atoms with Crippen LogP contribution in [0.15, 0.2) is 0 Å². The third kappa shape index (κ3) is 3.93. The largest absolute Gasteiger partial charge is 0.394 e. The number of hydrogen-bond acceptors (Lipinski definition) is 6. The van der Waals surface area contributed by atoms with Gasteiger partial charge < -0.3 is 20.4 Å². The Morgan fingerprint density at radius 2 is 1.71 bits per heavy atom.